The fourth-order valence-corrected chi connectivity index (χ4v) is 5.86. The number of thiazole rings is 1. The number of nitrogens with one attached hydrogen (secondary N) is 1. The van der Waals surface area contributed by atoms with Gasteiger partial charge in [0.2, 0.25) is 11.0 Å². The Kier molecular flexibility index (Phi) is 4.00. The zero-order chi connectivity index (χ0) is 17.7. The molecule has 1 fully saturated rings. The van der Waals surface area contributed by atoms with Crippen molar-refractivity contribution in [1.29, 1.82) is 0 Å². The van der Waals surface area contributed by atoms with Crippen molar-refractivity contribution in [2.75, 3.05) is 13.6 Å². The molecule has 4 rings (SSSR count). The first-order valence-corrected chi connectivity index (χ1v) is 10.6. The van der Waals surface area contributed by atoms with Crippen LogP contribution in [0.4, 0.5) is 0 Å². The first-order chi connectivity index (χ1) is 11.9. The van der Waals surface area contributed by atoms with E-state index < -0.39 is 10.0 Å². The zero-order valence-electron chi connectivity index (χ0n) is 13.5. The van der Waals surface area contributed by atoms with Gasteiger partial charge in [-0.25, -0.2) is 9.99 Å². The normalized spacial score (nSPS) is 20.2. The van der Waals surface area contributed by atoms with Crippen LogP contribution >= 0.6 is 22.9 Å². The van der Waals surface area contributed by atoms with E-state index in [2.05, 4.69) is 19.8 Å². The summed E-state index contributed by atoms with van der Waals surface area (Å²) in [5.74, 6) is 0.182. The number of halogens is 1. The Bertz CT molecular complexity index is 971. The fourth-order valence-electron chi connectivity index (χ4n) is 3.42. The lowest BCUT2D eigenvalue weighted by Crippen LogP contribution is -2.38. The molecular formula is C14H17ClN6O2S2. The Hall–Kier alpha value is -1.65. The van der Waals surface area contributed by atoms with Crippen LogP contribution in [0.5, 0.6) is 0 Å². The number of hydrazone groups is 1. The molecule has 0 atom stereocenters. The molecule has 0 aromatic carbocycles. The molecule has 2 aromatic heterocycles. The number of sulfonamides is 1. The maximum atomic E-state index is 12.8. The highest BCUT2D eigenvalue weighted by atomic mass is 35.5. The Morgan fingerprint density at radius 1 is 1.44 bits per heavy atom. The molecule has 0 amide bonds. The van der Waals surface area contributed by atoms with Gasteiger partial charge in [0.25, 0.3) is 0 Å². The Balaban J connectivity index is 1.69. The lowest BCUT2D eigenvalue weighted by molar-refractivity contribution is 0.341. The monoisotopic (exact) mass is 400 g/mol. The molecular weight excluding hydrogens is 384 g/mol. The SMILES string of the molecule is CN/C(=N\S(=O)(=O)c1c(Cl)nc2sccn12)N1CC2(C=N1)CCCC2. The highest BCUT2D eigenvalue weighted by molar-refractivity contribution is 7.90. The minimum absolute atomic E-state index is 0.0380. The molecule has 0 unspecified atom stereocenters. The maximum absolute atomic E-state index is 12.8. The lowest BCUT2D eigenvalue weighted by atomic mass is 9.88. The quantitative estimate of drug-likeness (QED) is 0.616. The highest BCUT2D eigenvalue weighted by Gasteiger charge is 2.39. The van der Waals surface area contributed by atoms with Crippen molar-refractivity contribution < 1.29 is 8.42 Å². The lowest BCUT2D eigenvalue weighted by Gasteiger charge is -2.22. The molecule has 2 aliphatic rings. The van der Waals surface area contributed by atoms with E-state index >= 15 is 0 Å². The van der Waals surface area contributed by atoms with Crippen molar-refractivity contribution in [3.05, 3.63) is 16.7 Å². The predicted molar refractivity (Wildman–Crippen MR) is 97.9 cm³/mol. The second-order valence-corrected chi connectivity index (χ2v) is 9.03. The second kappa shape index (κ2) is 5.96. The average molecular weight is 401 g/mol. The predicted octanol–water partition coefficient (Wildman–Crippen LogP) is 2.18. The number of aromatic nitrogens is 2. The molecule has 1 saturated carbocycles. The third-order valence-electron chi connectivity index (χ3n) is 4.63. The van der Waals surface area contributed by atoms with E-state index in [1.165, 1.54) is 28.6 Å². The van der Waals surface area contributed by atoms with E-state index in [4.69, 9.17) is 11.6 Å². The second-order valence-electron chi connectivity index (χ2n) is 6.28. The molecule has 134 valence electrons. The zero-order valence-corrected chi connectivity index (χ0v) is 15.9. The molecule has 0 bridgehead atoms. The van der Waals surface area contributed by atoms with Gasteiger partial charge in [-0.05, 0) is 12.8 Å². The van der Waals surface area contributed by atoms with Crippen molar-refractivity contribution >= 4 is 50.1 Å². The number of imidazole rings is 1. The summed E-state index contributed by atoms with van der Waals surface area (Å²) in [6.07, 6.45) is 8.03. The molecule has 1 spiro atoms. The summed E-state index contributed by atoms with van der Waals surface area (Å²) in [7, 11) is -2.42. The Morgan fingerprint density at radius 2 is 2.20 bits per heavy atom. The van der Waals surface area contributed by atoms with E-state index in [1.807, 2.05) is 6.21 Å². The first kappa shape index (κ1) is 16.8. The highest BCUT2D eigenvalue weighted by Crippen LogP contribution is 2.40. The summed E-state index contributed by atoms with van der Waals surface area (Å²) in [6, 6.07) is 0. The van der Waals surface area contributed by atoms with Crippen LogP contribution in [0.15, 0.2) is 26.1 Å². The van der Waals surface area contributed by atoms with Crippen LogP contribution in [0.3, 0.4) is 0 Å². The van der Waals surface area contributed by atoms with E-state index in [0.717, 1.165) is 12.8 Å². The van der Waals surface area contributed by atoms with Gasteiger partial charge in [0.1, 0.15) is 0 Å². The van der Waals surface area contributed by atoms with Crippen molar-refractivity contribution in [3.8, 4) is 0 Å². The molecule has 8 nitrogen and oxygen atoms in total. The number of hydrogen-bond donors (Lipinski definition) is 1. The Morgan fingerprint density at radius 3 is 2.92 bits per heavy atom. The van der Waals surface area contributed by atoms with Gasteiger partial charge in [-0.1, -0.05) is 24.4 Å². The van der Waals surface area contributed by atoms with Gasteiger partial charge in [0, 0.05) is 30.3 Å². The maximum Gasteiger partial charge on any atom is 0.304 e. The van der Waals surface area contributed by atoms with Crippen molar-refractivity contribution in [2.45, 2.75) is 30.7 Å². The minimum Gasteiger partial charge on any atom is -0.357 e. The summed E-state index contributed by atoms with van der Waals surface area (Å²) in [4.78, 5) is 4.57. The van der Waals surface area contributed by atoms with Crippen LogP contribution in [-0.4, -0.2) is 48.6 Å². The summed E-state index contributed by atoms with van der Waals surface area (Å²) in [6.45, 7) is 0.635. The first-order valence-electron chi connectivity index (χ1n) is 7.91. The van der Waals surface area contributed by atoms with Crippen LogP contribution in [0, 0.1) is 5.41 Å². The fraction of sp³-hybridized carbons (Fsp3) is 0.500. The molecule has 1 aliphatic heterocycles. The Labute approximate surface area is 154 Å². The van der Waals surface area contributed by atoms with Gasteiger partial charge in [-0.3, -0.25) is 4.40 Å². The number of rotatable bonds is 2. The largest absolute Gasteiger partial charge is 0.357 e. The van der Waals surface area contributed by atoms with Crippen LogP contribution in [-0.2, 0) is 10.0 Å². The molecule has 0 radical (unpaired) electrons. The summed E-state index contributed by atoms with van der Waals surface area (Å²) in [5, 5.41) is 10.4. The van der Waals surface area contributed by atoms with E-state index in [0.29, 0.717) is 11.5 Å². The number of fused-ring (bicyclic) bond motifs is 1. The standard InChI is InChI=1S/C14H17ClN6O2S2/c1-16-12(21-9-14(8-17-21)4-2-3-5-14)19-25(22,23)11-10(15)18-13-20(11)6-7-24-13/h6-8H,2-5,9H2,1H3,(H,16,19). The van der Waals surface area contributed by atoms with Crippen molar-refractivity contribution in [1.82, 2.24) is 19.7 Å². The minimum atomic E-state index is -4.04. The summed E-state index contributed by atoms with van der Waals surface area (Å²) < 4.78 is 31.0. The number of nitrogens with zero attached hydrogens (tertiary/aromatic N) is 5. The third kappa shape index (κ3) is 2.81. The van der Waals surface area contributed by atoms with Crippen LogP contribution in [0.1, 0.15) is 25.7 Å². The van der Waals surface area contributed by atoms with Crippen molar-refractivity contribution in [2.24, 2.45) is 14.9 Å². The van der Waals surface area contributed by atoms with E-state index in [-0.39, 0.29) is 21.6 Å². The summed E-state index contributed by atoms with van der Waals surface area (Å²) >= 11 is 7.35. The topological polar surface area (TPSA) is 91.4 Å². The number of guanidine groups is 1. The molecule has 2 aromatic rings. The van der Waals surface area contributed by atoms with Crippen LogP contribution in [0.2, 0.25) is 5.15 Å². The van der Waals surface area contributed by atoms with Gasteiger partial charge in [-0.2, -0.15) is 13.5 Å². The summed E-state index contributed by atoms with van der Waals surface area (Å²) in [5.41, 5.74) is 0.0380. The molecule has 3 heterocycles. The van der Waals surface area contributed by atoms with Crippen LogP contribution < -0.4 is 5.32 Å². The van der Waals surface area contributed by atoms with E-state index in [1.54, 1.807) is 23.6 Å². The molecule has 1 aliphatic carbocycles. The molecule has 0 saturated heterocycles. The third-order valence-corrected chi connectivity index (χ3v) is 7.06. The average Bonchev–Trinajstić information content (AvgIpc) is 3.31. The van der Waals surface area contributed by atoms with Gasteiger partial charge in [0.15, 0.2) is 10.1 Å². The number of hydrogen-bond acceptors (Lipinski definition) is 5. The van der Waals surface area contributed by atoms with E-state index in [9.17, 15) is 8.42 Å². The van der Waals surface area contributed by atoms with Gasteiger partial charge in [-0.15, -0.1) is 15.7 Å². The van der Waals surface area contributed by atoms with Gasteiger partial charge in [0.05, 0.1) is 6.54 Å². The molecule has 25 heavy (non-hydrogen) atoms. The molecule has 1 N–H and O–H groups in total. The molecule has 11 heteroatoms. The smallest absolute Gasteiger partial charge is 0.304 e. The van der Waals surface area contributed by atoms with Crippen molar-refractivity contribution in [3.63, 3.8) is 0 Å². The van der Waals surface area contributed by atoms with Gasteiger partial charge < -0.3 is 5.32 Å². The van der Waals surface area contributed by atoms with Gasteiger partial charge >= 0.3 is 10.0 Å². The van der Waals surface area contributed by atoms with Crippen LogP contribution in [0.25, 0.3) is 4.96 Å².